The minimum Gasteiger partial charge on any atom is -0.365 e. The van der Waals surface area contributed by atoms with Crippen LogP contribution in [0.25, 0.3) is 0 Å². The highest BCUT2D eigenvalue weighted by molar-refractivity contribution is 5.93. The Hall–Kier alpha value is -3.06. The minimum atomic E-state index is -0.698. The van der Waals surface area contributed by atoms with Gasteiger partial charge in [0.2, 0.25) is 0 Å². The van der Waals surface area contributed by atoms with Crippen LogP contribution in [0.5, 0.6) is 0 Å². The zero-order valence-corrected chi connectivity index (χ0v) is 14.4. The van der Waals surface area contributed by atoms with Crippen LogP contribution in [0.1, 0.15) is 33.4 Å². The Labute approximate surface area is 154 Å². The van der Waals surface area contributed by atoms with Crippen molar-refractivity contribution in [2.24, 2.45) is 0 Å². The summed E-state index contributed by atoms with van der Waals surface area (Å²) in [6, 6.07) is 13.1. The maximum Gasteiger partial charge on any atom is 0.272 e. The fraction of sp³-hybridized carbons (Fsp3) is 0.200. The van der Waals surface area contributed by atoms with Crippen molar-refractivity contribution in [2.45, 2.75) is 25.8 Å². The second kappa shape index (κ2) is 7.28. The summed E-state index contributed by atoms with van der Waals surface area (Å²) in [6.07, 6.45) is 1.51. The SMILES string of the molecule is O=C(NCc1ccc(F)cc1F)c1ncn2c1CO[C@@H](c1ccccc1)C2. The van der Waals surface area contributed by atoms with Gasteiger partial charge in [-0.05, 0) is 11.6 Å². The van der Waals surface area contributed by atoms with Crippen LogP contribution in [0.15, 0.2) is 54.9 Å². The van der Waals surface area contributed by atoms with E-state index in [-0.39, 0.29) is 30.5 Å². The Morgan fingerprint density at radius 1 is 1.22 bits per heavy atom. The number of ether oxygens (including phenoxy) is 1. The average molecular weight is 369 g/mol. The molecular weight excluding hydrogens is 352 g/mol. The van der Waals surface area contributed by atoms with E-state index in [2.05, 4.69) is 10.3 Å². The third-order valence-corrected chi connectivity index (χ3v) is 4.57. The minimum absolute atomic E-state index is 0.0508. The number of aromatic nitrogens is 2. The topological polar surface area (TPSA) is 56.2 Å². The van der Waals surface area contributed by atoms with Gasteiger partial charge in [-0.3, -0.25) is 4.79 Å². The number of halogens is 2. The molecule has 1 amide bonds. The molecule has 3 aromatic rings. The molecule has 0 aliphatic carbocycles. The summed E-state index contributed by atoms with van der Waals surface area (Å²) in [6.45, 7) is 0.768. The van der Waals surface area contributed by atoms with Crippen molar-refractivity contribution >= 4 is 5.91 Å². The number of imidazole rings is 1. The summed E-state index contributed by atoms with van der Waals surface area (Å²) in [7, 11) is 0. The van der Waals surface area contributed by atoms with E-state index in [1.807, 2.05) is 34.9 Å². The first kappa shape index (κ1) is 17.4. The van der Waals surface area contributed by atoms with Crippen LogP contribution in [0.4, 0.5) is 8.78 Å². The molecule has 1 aliphatic rings. The third-order valence-electron chi connectivity index (χ3n) is 4.57. The molecule has 2 aromatic carbocycles. The lowest BCUT2D eigenvalue weighted by atomic mass is 10.1. The van der Waals surface area contributed by atoms with Gasteiger partial charge >= 0.3 is 0 Å². The van der Waals surface area contributed by atoms with E-state index >= 15 is 0 Å². The summed E-state index contributed by atoms with van der Waals surface area (Å²) < 4.78 is 34.4. The first-order chi connectivity index (χ1) is 13.1. The van der Waals surface area contributed by atoms with E-state index in [4.69, 9.17) is 4.74 Å². The fourth-order valence-electron chi connectivity index (χ4n) is 3.11. The van der Waals surface area contributed by atoms with Crippen LogP contribution >= 0.6 is 0 Å². The largest absolute Gasteiger partial charge is 0.365 e. The number of nitrogens with zero attached hydrogens (tertiary/aromatic N) is 2. The predicted molar refractivity (Wildman–Crippen MR) is 93.7 cm³/mol. The van der Waals surface area contributed by atoms with Gasteiger partial charge in [-0.25, -0.2) is 13.8 Å². The van der Waals surface area contributed by atoms with Gasteiger partial charge in [0, 0.05) is 18.2 Å². The van der Waals surface area contributed by atoms with Crippen molar-refractivity contribution < 1.29 is 18.3 Å². The van der Waals surface area contributed by atoms with Gasteiger partial charge in [-0.15, -0.1) is 0 Å². The quantitative estimate of drug-likeness (QED) is 0.767. The van der Waals surface area contributed by atoms with E-state index in [1.54, 1.807) is 6.33 Å². The fourth-order valence-corrected chi connectivity index (χ4v) is 3.11. The lowest BCUT2D eigenvalue weighted by molar-refractivity contribution is 0.00257. The Kier molecular flexibility index (Phi) is 4.68. The molecule has 27 heavy (non-hydrogen) atoms. The van der Waals surface area contributed by atoms with Gasteiger partial charge in [0.15, 0.2) is 5.69 Å². The molecule has 138 valence electrons. The van der Waals surface area contributed by atoms with Gasteiger partial charge in [-0.1, -0.05) is 36.4 Å². The maximum atomic E-state index is 13.7. The predicted octanol–water partition coefficient (Wildman–Crippen LogP) is 3.36. The molecule has 0 bridgehead atoms. The van der Waals surface area contributed by atoms with Crippen LogP contribution in [0.2, 0.25) is 0 Å². The molecule has 7 heteroatoms. The summed E-state index contributed by atoms with van der Waals surface area (Å²) in [5.74, 6) is -1.78. The zero-order valence-electron chi connectivity index (χ0n) is 14.4. The highest BCUT2D eigenvalue weighted by Crippen LogP contribution is 2.27. The molecule has 1 aliphatic heterocycles. The Morgan fingerprint density at radius 2 is 2.04 bits per heavy atom. The van der Waals surface area contributed by atoms with Crippen molar-refractivity contribution in [1.29, 1.82) is 0 Å². The summed E-state index contributed by atoms with van der Waals surface area (Å²) in [5.41, 5.74) is 2.20. The van der Waals surface area contributed by atoms with Crippen molar-refractivity contribution in [3.05, 3.63) is 89.0 Å². The van der Waals surface area contributed by atoms with E-state index < -0.39 is 17.5 Å². The van der Waals surface area contributed by atoms with Gasteiger partial charge in [0.05, 0.1) is 25.2 Å². The lowest BCUT2D eigenvalue weighted by Gasteiger charge is -2.25. The highest BCUT2D eigenvalue weighted by atomic mass is 19.1. The molecule has 0 spiro atoms. The number of carbonyl (C=O) groups is 1. The van der Waals surface area contributed by atoms with Crippen molar-refractivity contribution in [3.8, 4) is 0 Å². The molecular formula is C20H17F2N3O2. The van der Waals surface area contributed by atoms with E-state index in [0.29, 0.717) is 12.2 Å². The Morgan fingerprint density at radius 3 is 2.81 bits per heavy atom. The van der Waals surface area contributed by atoms with Crippen LogP contribution in [0.3, 0.4) is 0 Å². The lowest BCUT2D eigenvalue weighted by Crippen LogP contribution is -2.27. The van der Waals surface area contributed by atoms with Gasteiger partial charge in [0.25, 0.3) is 5.91 Å². The highest BCUT2D eigenvalue weighted by Gasteiger charge is 2.26. The van der Waals surface area contributed by atoms with Crippen LogP contribution in [0, 0.1) is 11.6 Å². The molecule has 1 atom stereocenters. The van der Waals surface area contributed by atoms with E-state index in [1.165, 1.54) is 6.07 Å². The molecule has 1 aromatic heterocycles. The number of nitrogens with one attached hydrogen (secondary N) is 1. The number of hydrogen-bond donors (Lipinski definition) is 1. The summed E-state index contributed by atoms with van der Waals surface area (Å²) in [5, 5.41) is 2.62. The van der Waals surface area contributed by atoms with Crippen molar-refractivity contribution in [2.75, 3.05) is 0 Å². The van der Waals surface area contributed by atoms with E-state index in [0.717, 1.165) is 17.7 Å². The van der Waals surface area contributed by atoms with Crippen LogP contribution in [-0.2, 0) is 24.4 Å². The van der Waals surface area contributed by atoms with Gasteiger partial charge in [-0.2, -0.15) is 0 Å². The molecule has 1 N–H and O–H groups in total. The first-order valence-corrected chi connectivity index (χ1v) is 8.54. The first-order valence-electron chi connectivity index (χ1n) is 8.54. The zero-order chi connectivity index (χ0) is 18.8. The third kappa shape index (κ3) is 3.59. The molecule has 0 saturated carbocycles. The molecule has 4 rings (SSSR count). The van der Waals surface area contributed by atoms with Crippen molar-refractivity contribution in [3.63, 3.8) is 0 Å². The summed E-state index contributed by atoms with van der Waals surface area (Å²) in [4.78, 5) is 16.6. The average Bonchev–Trinajstić information content (AvgIpc) is 3.11. The monoisotopic (exact) mass is 369 g/mol. The molecule has 0 fully saturated rings. The standard InChI is InChI=1S/C20H17F2N3O2/c21-15-7-6-14(16(22)8-15)9-23-20(26)19-17-11-27-18(10-25(17)12-24-19)13-4-2-1-3-5-13/h1-8,12,18H,9-11H2,(H,23,26)/t18-/m1/s1. The maximum absolute atomic E-state index is 13.7. The second-order valence-corrected chi connectivity index (χ2v) is 6.32. The van der Waals surface area contributed by atoms with Gasteiger partial charge < -0.3 is 14.6 Å². The molecule has 0 saturated heterocycles. The van der Waals surface area contributed by atoms with Crippen LogP contribution < -0.4 is 5.32 Å². The normalized spacial score (nSPS) is 16.0. The number of rotatable bonds is 4. The molecule has 2 heterocycles. The number of benzene rings is 2. The summed E-state index contributed by atoms with van der Waals surface area (Å²) >= 11 is 0. The van der Waals surface area contributed by atoms with E-state index in [9.17, 15) is 13.6 Å². The number of carbonyl (C=O) groups excluding carboxylic acids is 1. The Balaban J connectivity index is 1.45. The molecule has 5 nitrogen and oxygen atoms in total. The Bertz CT molecular complexity index is 973. The number of fused-ring (bicyclic) bond motifs is 1. The number of hydrogen-bond acceptors (Lipinski definition) is 3. The second-order valence-electron chi connectivity index (χ2n) is 6.32. The van der Waals surface area contributed by atoms with Gasteiger partial charge in [0.1, 0.15) is 17.7 Å². The number of amides is 1. The smallest absolute Gasteiger partial charge is 0.272 e. The molecule has 0 unspecified atom stereocenters. The van der Waals surface area contributed by atoms with Crippen molar-refractivity contribution in [1.82, 2.24) is 14.9 Å². The molecule has 0 radical (unpaired) electrons. The van der Waals surface area contributed by atoms with Crippen LogP contribution in [-0.4, -0.2) is 15.5 Å².